The van der Waals surface area contributed by atoms with Gasteiger partial charge in [-0.2, -0.15) is 0 Å². The molecule has 0 radical (unpaired) electrons. The van der Waals surface area contributed by atoms with Crippen LogP contribution >= 0.6 is 0 Å². The number of carbonyl (C=O) groups is 1. The minimum atomic E-state index is 0.763. The van der Waals surface area contributed by atoms with Crippen LogP contribution in [0.2, 0.25) is 0 Å². The summed E-state index contributed by atoms with van der Waals surface area (Å²) >= 11 is 0. The summed E-state index contributed by atoms with van der Waals surface area (Å²) in [6.45, 7) is 1.20. The van der Waals surface area contributed by atoms with Crippen molar-refractivity contribution in [3.05, 3.63) is 0 Å². The van der Waals surface area contributed by atoms with Crippen molar-refractivity contribution < 1.29 is 4.79 Å². The summed E-state index contributed by atoms with van der Waals surface area (Å²) in [4.78, 5) is 10.0. The predicted octanol–water partition coefficient (Wildman–Crippen LogP) is 0.573. The van der Waals surface area contributed by atoms with Crippen molar-refractivity contribution in [1.82, 2.24) is 5.32 Å². The number of nitrogens with one attached hydrogen (secondary N) is 1. The fraction of sp³-hybridized carbons (Fsp3) is 0.875. The number of piperidine rings is 1. The molecule has 2 aliphatic rings. The lowest BCUT2D eigenvalue weighted by Gasteiger charge is -1.99. The SMILES string of the molecule is O=CCCC1[C@H]2CCN[C@@H]12. The van der Waals surface area contributed by atoms with Gasteiger partial charge in [-0.05, 0) is 31.2 Å². The molecule has 1 unspecified atom stereocenters. The zero-order valence-corrected chi connectivity index (χ0v) is 6.05. The Hall–Kier alpha value is -0.370. The van der Waals surface area contributed by atoms with E-state index in [1.54, 1.807) is 0 Å². The van der Waals surface area contributed by atoms with E-state index < -0.39 is 0 Å². The van der Waals surface area contributed by atoms with E-state index in [2.05, 4.69) is 5.32 Å². The van der Waals surface area contributed by atoms with Crippen molar-refractivity contribution in [3.63, 3.8) is 0 Å². The van der Waals surface area contributed by atoms with Crippen molar-refractivity contribution in [2.24, 2.45) is 11.8 Å². The molecule has 0 aromatic heterocycles. The van der Waals surface area contributed by atoms with Gasteiger partial charge in [0.05, 0.1) is 0 Å². The van der Waals surface area contributed by atoms with Crippen molar-refractivity contribution in [2.75, 3.05) is 6.54 Å². The maximum Gasteiger partial charge on any atom is 0.120 e. The third-order valence-corrected chi connectivity index (χ3v) is 2.81. The first kappa shape index (κ1) is 6.35. The number of hydrogen-bond acceptors (Lipinski definition) is 2. The molecule has 0 aromatic carbocycles. The topological polar surface area (TPSA) is 29.1 Å². The molecule has 2 nitrogen and oxygen atoms in total. The van der Waals surface area contributed by atoms with Gasteiger partial charge in [0.15, 0.2) is 0 Å². The molecule has 56 valence electrons. The van der Waals surface area contributed by atoms with Gasteiger partial charge < -0.3 is 10.1 Å². The molecule has 1 saturated heterocycles. The second-order valence-electron chi connectivity index (χ2n) is 3.34. The molecule has 2 rings (SSSR count). The van der Waals surface area contributed by atoms with Crippen molar-refractivity contribution in [2.45, 2.75) is 25.3 Å². The number of hydrogen-bond donors (Lipinski definition) is 1. The van der Waals surface area contributed by atoms with Gasteiger partial charge in [-0.1, -0.05) is 0 Å². The Bertz CT molecular complexity index is 136. The molecule has 1 N–H and O–H groups in total. The van der Waals surface area contributed by atoms with Crippen LogP contribution in [-0.2, 0) is 4.79 Å². The fourth-order valence-electron chi connectivity index (χ4n) is 2.21. The summed E-state index contributed by atoms with van der Waals surface area (Å²) < 4.78 is 0. The molecule has 10 heavy (non-hydrogen) atoms. The lowest BCUT2D eigenvalue weighted by molar-refractivity contribution is -0.108. The summed E-state index contributed by atoms with van der Waals surface area (Å²) in [6, 6.07) is 0.792. The van der Waals surface area contributed by atoms with Gasteiger partial charge >= 0.3 is 0 Å². The van der Waals surface area contributed by atoms with Crippen LogP contribution in [0.3, 0.4) is 0 Å². The summed E-state index contributed by atoms with van der Waals surface area (Å²) in [5.41, 5.74) is 0. The largest absolute Gasteiger partial charge is 0.313 e. The summed E-state index contributed by atoms with van der Waals surface area (Å²) in [6.07, 6.45) is 4.26. The van der Waals surface area contributed by atoms with Gasteiger partial charge in [-0.3, -0.25) is 0 Å². The van der Waals surface area contributed by atoms with E-state index in [9.17, 15) is 4.79 Å². The van der Waals surface area contributed by atoms with Crippen LogP contribution in [0.5, 0.6) is 0 Å². The average Bonchev–Trinajstić information content (AvgIpc) is 2.46. The second kappa shape index (κ2) is 2.35. The molecule has 1 heterocycles. The maximum absolute atomic E-state index is 10.0. The van der Waals surface area contributed by atoms with E-state index in [0.29, 0.717) is 0 Å². The zero-order chi connectivity index (χ0) is 6.97. The van der Waals surface area contributed by atoms with Crippen LogP contribution in [0.25, 0.3) is 0 Å². The lowest BCUT2D eigenvalue weighted by atomic mass is 10.1. The number of fused-ring (bicyclic) bond motifs is 1. The molecule has 0 aromatic rings. The summed E-state index contributed by atoms with van der Waals surface area (Å²) in [5.74, 6) is 1.78. The molecule has 0 amide bonds. The van der Waals surface area contributed by atoms with Crippen LogP contribution in [0.15, 0.2) is 0 Å². The normalized spacial score (nSPS) is 43.0. The smallest absolute Gasteiger partial charge is 0.120 e. The Balaban J connectivity index is 1.74. The highest BCUT2D eigenvalue weighted by atomic mass is 16.1. The van der Waals surface area contributed by atoms with Gasteiger partial charge in [-0.25, -0.2) is 0 Å². The van der Waals surface area contributed by atoms with E-state index in [0.717, 1.165) is 37.0 Å². The Morgan fingerprint density at radius 3 is 3.10 bits per heavy atom. The third-order valence-electron chi connectivity index (χ3n) is 2.81. The standard InChI is InChI=1S/C8H13NO/c10-5-1-2-6-7-3-4-9-8(6)7/h5-9H,1-4H2/t6?,7-,8+/m1/s1. The van der Waals surface area contributed by atoms with E-state index >= 15 is 0 Å². The molecular weight excluding hydrogens is 126 g/mol. The molecule has 0 spiro atoms. The van der Waals surface area contributed by atoms with E-state index in [1.165, 1.54) is 13.0 Å². The number of rotatable bonds is 3. The van der Waals surface area contributed by atoms with Crippen molar-refractivity contribution in [1.29, 1.82) is 0 Å². The Morgan fingerprint density at radius 2 is 2.50 bits per heavy atom. The van der Waals surface area contributed by atoms with Crippen LogP contribution in [0.1, 0.15) is 19.3 Å². The quantitative estimate of drug-likeness (QED) is 0.579. The Kier molecular flexibility index (Phi) is 1.49. The van der Waals surface area contributed by atoms with Crippen molar-refractivity contribution in [3.8, 4) is 0 Å². The van der Waals surface area contributed by atoms with Gasteiger partial charge in [-0.15, -0.1) is 0 Å². The summed E-state index contributed by atoms with van der Waals surface area (Å²) in [5, 5.41) is 3.44. The molecule has 1 aliphatic heterocycles. The van der Waals surface area contributed by atoms with Crippen molar-refractivity contribution >= 4 is 6.29 Å². The van der Waals surface area contributed by atoms with Gasteiger partial charge in [0.2, 0.25) is 0 Å². The third kappa shape index (κ3) is 0.870. The highest BCUT2D eigenvalue weighted by molar-refractivity contribution is 5.49. The Labute approximate surface area is 61.0 Å². The second-order valence-corrected chi connectivity index (χ2v) is 3.34. The lowest BCUT2D eigenvalue weighted by Crippen LogP contribution is -2.14. The van der Waals surface area contributed by atoms with Gasteiger partial charge in [0, 0.05) is 12.5 Å². The molecule has 3 atom stereocenters. The molecule has 0 bridgehead atoms. The number of carbonyl (C=O) groups excluding carboxylic acids is 1. The first-order chi connectivity index (χ1) is 4.93. The van der Waals surface area contributed by atoms with E-state index in [-0.39, 0.29) is 0 Å². The molecular formula is C8H13NO. The first-order valence-electron chi connectivity index (χ1n) is 4.10. The Morgan fingerprint density at radius 1 is 1.60 bits per heavy atom. The van der Waals surface area contributed by atoms with E-state index in [4.69, 9.17) is 0 Å². The van der Waals surface area contributed by atoms with Crippen LogP contribution in [0, 0.1) is 11.8 Å². The maximum atomic E-state index is 10.0. The molecule has 1 aliphatic carbocycles. The first-order valence-corrected chi connectivity index (χ1v) is 4.10. The zero-order valence-electron chi connectivity index (χ0n) is 6.05. The van der Waals surface area contributed by atoms with Gasteiger partial charge in [0.25, 0.3) is 0 Å². The molecule has 2 fully saturated rings. The van der Waals surface area contributed by atoms with Crippen LogP contribution in [-0.4, -0.2) is 18.9 Å². The average molecular weight is 139 g/mol. The summed E-state index contributed by atoms with van der Waals surface area (Å²) in [7, 11) is 0. The monoisotopic (exact) mass is 139 g/mol. The molecule has 2 heteroatoms. The van der Waals surface area contributed by atoms with E-state index in [1.807, 2.05) is 0 Å². The minimum absolute atomic E-state index is 0.763. The van der Waals surface area contributed by atoms with Gasteiger partial charge in [0.1, 0.15) is 6.29 Å². The molecule has 1 saturated carbocycles. The van der Waals surface area contributed by atoms with Crippen LogP contribution < -0.4 is 5.32 Å². The number of aldehydes is 1. The fourth-order valence-corrected chi connectivity index (χ4v) is 2.21. The van der Waals surface area contributed by atoms with Crippen LogP contribution in [0.4, 0.5) is 0 Å². The predicted molar refractivity (Wildman–Crippen MR) is 38.7 cm³/mol. The highest BCUT2D eigenvalue weighted by Gasteiger charge is 2.51. The highest BCUT2D eigenvalue weighted by Crippen LogP contribution is 2.47. The minimum Gasteiger partial charge on any atom is -0.313 e.